The molecule has 0 rings (SSSR count). The zero-order chi connectivity index (χ0) is 19.0. The van der Waals surface area contributed by atoms with Gasteiger partial charge in [-0.25, -0.2) is 0 Å². The van der Waals surface area contributed by atoms with Crippen LogP contribution in [0.3, 0.4) is 0 Å². The van der Waals surface area contributed by atoms with E-state index in [1.165, 1.54) is 57.4 Å². The van der Waals surface area contributed by atoms with Gasteiger partial charge in [-0.05, 0) is 6.42 Å². The van der Waals surface area contributed by atoms with Crippen molar-refractivity contribution in [2.24, 2.45) is 0 Å². The quantitative estimate of drug-likeness (QED) is 0.166. The van der Waals surface area contributed by atoms with Crippen LogP contribution in [0.15, 0.2) is 12.7 Å². The predicted molar refractivity (Wildman–Crippen MR) is 102 cm³/mol. The fourth-order valence-corrected chi connectivity index (χ4v) is 3.57. The minimum absolute atomic E-state index is 0.0523. The smallest absolute Gasteiger partial charge is 0.327 e. The lowest BCUT2D eigenvalue weighted by Crippen LogP contribution is -2.31. The van der Waals surface area contributed by atoms with E-state index in [9.17, 15) is 13.2 Å². The van der Waals surface area contributed by atoms with Gasteiger partial charge in [0.05, 0.1) is 0 Å². The molecule has 1 unspecified atom stereocenters. The van der Waals surface area contributed by atoms with Crippen molar-refractivity contribution in [1.82, 2.24) is 0 Å². The number of hydrogen-bond acceptors (Lipinski definition) is 4. The molecule has 1 atom stereocenters. The summed E-state index contributed by atoms with van der Waals surface area (Å²) >= 11 is 0. The molecular weight excluding hydrogens is 340 g/mol. The van der Waals surface area contributed by atoms with Crippen molar-refractivity contribution in [1.29, 1.82) is 0 Å². The Balaban J connectivity index is 3.72. The first kappa shape index (κ1) is 24.1. The van der Waals surface area contributed by atoms with Crippen molar-refractivity contribution < 1.29 is 22.5 Å². The van der Waals surface area contributed by atoms with E-state index in [1.807, 2.05) is 0 Å². The van der Waals surface area contributed by atoms with Crippen LogP contribution in [0.4, 0.5) is 0 Å². The average Bonchev–Trinajstić information content (AvgIpc) is 2.55. The van der Waals surface area contributed by atoms with Crippen molar-refractivity contribution in [3.05, 3.63) is 12.7 Å². The summed E-state index contributed by atoms with van der Waals surface area (Å²) in [5, 5.41) is -1.48. The third-order valence-corrected chi connectivity index (χ3v) is 5.43. The third-order valence-electron chi connectivity index (χ3n) is 4.29. The fourth-order valence-electron chi connectivity index (χ4n) is 2.79. The maximum atomic E-state index is 11.7. The SMILES string of the molecule is C=CCOC(=O)C(CCCCCCCCCCCCCC)S(=O)(=O)O. The van der Waals surface area contributed by atoms with Gasteiger partial charge in [0.1, 0.15) is 6.61 Å². The number of hydrogen-bond donors (Lipinski definition) is 1. The zero-order valence-electron chi connectivity index (χ0n) is 15.7. The fraction of sp³-hybridized carbons (Fsp3) is 0.842. The Kier molecular flexibility index (Phi) is 14.8. The zero-order valence-corrected chi connectivity index (χ0v) is 16.6. The van der Waals surface area contributed by atoms with Gasteiger partial charge in [-0.15, -0.1) is 0 Å². The molecule has 1 N–H and O–H groups in total. The summed E-state index contributed by atoms with van der Waals surface area (Å²) in [5.41, 5.74) is 0. The number of rotatable bonds is 17. The van der Waals surface area contributed by atoms with E-state index in [1.54, 1.807) is 0 Å². The highest BCUT2D eigenvalue weighted by molar-refractivity contribution is 7.87. The maximum absolute atomic E-state index is 11.7. The summed E-state index contributed by atoms with van der Waals surface area (Å²) in [6.45, 7) is 5.57. The van der Waals surface area contributed by atoms with Crippen LogP contribution in [0.1, 0.15) is 90.4 Å². The van der Waals surface area contributed by atoms with Gasteiger partial charge < -0.3 is 4.74 Å². The average molecular weight is 377 g/mol. The molecule has 0 aliphatic heterocycles. The molecule has 0 aliphatic carbocycles. The van der Waals surface area contributed by atoms with Crippen LogP contribution in [0.25, 0.3) is 0 Å². The first-order valence-electron chi connectivity index (χ1n) is 9.67. The molecule has 0 saturated carbocycles. The number of carbonyl (C=O) groups is 1. The van der Waals surface area contributed by atoms with Crippen LogP contribution in [0, 0.1) is 0 Å². The van der Waals surface area contributed by atoms with Gasteiger partial charge >= 0.3 is 5.97 Å². The second kappa shape index (κ2) is 15.4. The van der Waals surface area contributed by atoms with E-state index in [0.717, 1.165) is 19.3 Å². The number of ether oxygens (including phenoxy) is 1. The Hall–Kier alpha value is -0.880. The second-order valence-corrected chi connectivity index (χ2v) is 8.20. The highest BCUT2D eigenvalue weighted by Crippen LogP contribution is 2.15. The van der Waals surface area contributed by atoms with Gasteiger partial charge in [0.25, 0.3) is 10.1 Å². The molecule has 0 aromatic carbocycles. The Morgan fingerprint density at radius 2 is 1.40 bits per heavy atom. The van der Waals surface area contributed by atoms with Gasteiger partial charge in [0, 0.05) is 0 Å². The Morgan fingerprint density at radius 3 is 1.80 bits per heavy atom. The molecule has 0 aromatic rings. The summed E-state index contributed by atoms with van der Waals surface area (Å²) in [5.74, 6) is -0.898. The Labute approximate surface area is 154 Å². The molecular formula is C19H36O5S. The van der Waals surface area contributed by atoms with Crippen LogP contribution in [-0.2, 0) is 19.6 Å². The summed E-state index contributed by atoms with van der Waals surface area (Å²) in [6.07, 6.45) is 15.5. The molecule has 148 valence electrons. The molecule has 0 radical (unpaired) electrons. The van der Waals surface area contributed by atoms with Crippen molar-refractivity contribution in [2.45, 2.75) is 95.6 Å². The van der Waals surface area contributed by atoms with Gasteiger partial charge in [-0.3, -0.25) is 9.35 Å². The first-order chi connectivity index (χ1) is 11.9. The molecule has 0 spiro atoms. The van der Waals surface area contributed by atoms with E-state index >= 15 is 0 Å². The molecule has 0 aliphatic rings. The Bertz CT molecular complexity index is 445. The van der Waals surface area contributed by atoms with Crippen molar-refractivity contribution >= 4 is 16.1 Å². The van der Waals surface area contributed by atoms with Crippen molar-refractivity contribution in [2.75, 3.05) is 6.61 Å². The predicted octanol–water partition coefficient (Wildman–Crippen LogP) is 5.06. The highest BCUT2D eigenvalue weighted by Gasteiger charge is 2.31. The topological polar surface area (TPSA) is 80.7 Å². The van der Waals surface area contributed by atoms with Crippen LogP contribution in [0.2, 0.25) is 0 Å². The Morgan fingerprint density at radius 1 is 0.960 bits per heavy atom. The first-order valence-corrected chi connectivity index (χ1v) is 11.2. The van der Waals surface area contributed by atoms with Gasteiger partial charge in [-0.2, -0.15) is 8.42 Å². The lowest BCUT2D eigenvalue weighted by molar-refractivity contribution is -0.142. The lowest BCUT2D eigenvalue weighted by Gasteiger charge is -2.12. The summed E-state index contributed by atoms with van der Waals surface area (Å²) in [4.78, 5) is 11.7. The van der Waals surface area contributed by atoms with Crippen LogP contribution < -0.4 is 0 Å². The van der Waals surface area contributed by atoms with E-state index in [4.69, 9.17) is 9.29 Å². The van der Waals surface area contributed by atoms with Gasteiger partial charge in [0.2, 0.25) is 0 Å². The van der Waals surface area contributed by atoms with Crippen molar-refractivity contribution in [3.63, 3.8) is 0 Å². The highest BCUT2D eigenvalue weighted by atomic mass is 32.2. The van der Waals surface area contributed by atoms with Crippen LogP contribution in [-0.4, -0.2) is 30.8 Å². The van der Waals surface area contributed by atoms with Gasteiger partial charge in [0.15, 0.2) is 5.25 Å². The minimum atomic E-state index is -4.42. The lowest BCUT2D eigenvalue weighted by atomic mass is 10.0. The number of unbranched alkanes of at least 4 members (excludes halogenated alkanes) is 11. The number of carbonyl (C=O) groups excluding carboxylic acids is 1. The third kappa shape index (κ3) is 14.0. The van der Waals surface area contributed by atoms with Crippen LogP contribution >= 0.6 is 0 Å². The monoisotopic (exact) mass is 376 g/mol. The van der Waals surface area contributed by atoms with E-state index in [-0.39, 0.29) is 13.0 Å². The second-order valence-electron chi connectivity index (χ2n) is 6.60. The molecule has 0 fully saturated rings. The van der Waals surface area contributed by atoms with E-state index < -0.39 is 21.3 Å². The summed E-state index contributed by atoms with van der Waals surface area (Å²) < 4.78 is 36.5. The normalized spacial score (nSPS) is 12.7. The molecule has 6 heteroatoms. The molecule has 0 bridgehead atoms. The summed E-state index contributed by atoms with van der Waals surface area (Å²) in [7, 11) is -4.42. The summed E-state index contributed by atoms with van der Waals surface area (Å²) in [6, 6.07) is 0. The standard InChI is InChI=1S/C19H36O5S/c1-3-5-6-7-8-9-10-11-12-13-14-15-16-18(25(21,22)23)19(20)24-17-4-2/h4,18H,2-3,5-17H2,1H3,(H,21,22,23). The molecule has 0 heterocycles. The number of esters is 1. The maximum Gasteiger partial charge on any atom is 0.327 e. The molecule has 25 heavy (non-hydrogen) atoms. The van der Waals surface area contributed by atoms with Gasteiger partial charge in [-0.1, -0.05) is 96.6 Å². The van der Waals surface area contributed by atoms with Crippen LogP contribution in [0.5, 0.6) is 0 Å². The molecule has 0 aromatic heterocycles. The van der Waals surface area contributed by atoms with Crippen molar-refractivity contribution in [3.8, 4) is 0 Å². The van der Waals surface area contributed by atoms with E-state index in [0.29, 0.717) is 6.42 Å². The molecule has 0 amide bonds. The largest absolute Gasteiger partial charge is 0.460 e. The molecule has 5 nitrogen and oxygen atoms in total. The molecule has 0 saturated heterocycles. The minimum Gasteiger partial charge on any atom is -0.460 e. The van der Waals surface area contributed by atoms with E-state index in [2.05, 4.69) is 13.5 Å².